The topological polar surface area (TPSA) is 53.1 Å². The number of hydrogen-bond acceptors (Lipinski definition) is 2. The Balaban J connectivity index is 1.97. The summed E-state index contributed by atoms with van der Waals surface area (Å²) in [5.74, 6) is -0.231. The van der Waals surface area contributed by atoms with Crippen LogP contribution in [0.4, 0.5) is 13.2 Å². The van der Waals surface area contributed by atoms with Gasteiger partial charge in [-0.05, 0) is 41.0 Å². The third kappa shape index (κ3) is 3.74. The zero-order valence-electron chi connectivity index (χ0n) is 15.1. The molecule has 4 aromatic rings. The smallest absolute Gasteiger partial charge is 0.417 e. The summed E-state index contributed by atoms with van der Waals surface area (Å²) in [5.41, 5.74) is 0.742. The van der Waals surface area contributed by atoms with Crippen LogP contribution in [0.3, 0.4) is 0 Å². The van der Waals surface area contributed by atoms with E-state index in [4.69, 9.17) is 0 Å². The van der Waals surface area contributed by atoms with Gasteiger partial charge in [0.05, 0.1) is 5.56 Å². The largest absolute Gasteiger partial charge is 0.508 e. The van der Waals surface area contributed by atoms with Crippen LogP contribution in [0.1, 0.15) is 28.2 Å². The molecule has 0 spiro atoms. The van der Waals surface area contributed by atoms with Crippen LogP contribution in [0.15, 0.2) is 83.7 Å². The molecule has 146 valence electrons. The molecule has 0 aliphatic carbocycles. The molecule has 3 aromatic carbocycles. The van der Waals surface area contributed by atoms with Gasteiger partial charge < -0.3 is 10.1 Å². The zero-order chi connectivity index (χ0) is 20.6. The fourth-order valence-electron chi connectivity index (χ4n) is 3.58. The minimum atomic E-state index is -4.65. The Hall–Kier alpha value is -3.54. The Morgan fingerprint density at radius 1 is 0.793 bits per heavy atom. The molecule has 2 N–H and O–H groups in total. The van der Waals surface area contributed by atoms with Crippen LogP contribution in [0, 0.1) is 0 Å². The second-order valence-corrected chi connectivity index (χ2v) is 6.79. The van der Waals surface area contributed by atoms with Crippen LogP contribution in [0.25, 0.3) is 10.9 Å². The van der Waals surface area contributed by atoms with Crippen molar-refractivity contribution >= 4 is 10.9 Å². The molecule has 0 aliphatic rings. The van der Waals surface area contributed by atoms with Gasteiger partial charge in [-0.1, -0.05) is 48.5 Å². The summed E-state index contributed by atoms with van der Waals surface area (Å²) in [7, 11) is 0. The maximum Gasteiger partial charge on any atom is 0.417 e. The zero-order valence-corrected chi connectivity index (χ0v) is 15.1. The first kappa shape index (κ1) is 18.8. The van der Waals surface area contributed by atoms with Gasteiger partial charge in [0.25, 0.3) is 0 Å². The van der Waals surface area contributed by atoms with E-state index >= 15 is 0 Å². The molecular formula is C23H16F3NO2. The average Bonchev–Trinajstić information content (AvgIpc) is 2.69. The van der Waals surface area contributed by atoms with Crippen molar-refractivity contribution in [1.82, 2.24) is 4.98 Å². The second kappa shape index (κ2) is 7.13. The third-order valence-electron chi connectivity index (χ3n) is 4.87. The standard InChI is InChI=1S/C23H16F3NO2/c24-23(25,26)19-13-21(29)27-20-11-8-16(12-18(19)20)22(14-4-2-1-3-5-14)15-6-9-17(28)10-7-15/h1-13,22,28H,(H,27,29). The van der Waals surface area contributed by atoms with E-state index in [-0.39, 0.29) is 22.6 Å². The Kier molecular flexibility index (Phi) is 4.62. The lowest BCUT2D eigenvalue weighted by Crippen LogP contribution is -2.14. The molecule has 0 aliphatic heterocycles. The molecule has 1 heterocycles. The van der Waals surface area contributed by atoms with Crippen LogP contribution in [0.5, 0.6) is 5.75 Å². The highest BCUT2D eigenvalue weighted by atomic mass is 19.4. The molecule has 1 aromatic heterocycles. The molecule has 0 bridgehead atoms. The molecule has 0 radical (unpaired) electrons. The van der Waals surface area contributed by atoms with Crippen LogP contribution in [0.2, 0.25) is 0 Å². The summed E-state index contributed by atoms with van der Waals surface area (Å²) in [4.78, 5) is 14.1. The van der Waals surface area contributed by atoms with Gasteiger partial charge in [0.2, 0.25) is 5.56 Å². The molecular weight excluding hydrogens is 379 g/mol. The summed E-state index contributed by atoms with van der Waals surface area (Å²) >= 11 is 0. The first-order chi connectivity index (χ1) is 13.8. The quantitative estimate of drug-likeness (QED) is 0.454. The van der Waals surface area contributed by atoms with Crippen LogP contribution in [-0.4, -0.2) is 10.1 Å². The number of rotatable bonds is 3. The molecule has 29 heavy (non-hydrogen) atoms. The number of aromatic hydroxyl groups is 1. The van der Waals surface area contributed by atoms with E-state index in [0.717, 1.165) is 11.1 Å². The fourth-order valence-corrected chi connectivity index (χ4v) is 3.58. The first-order valence-corrected chi connectivity index (χ1v) is 8.91. The lowest BCUT2D eigenvalue weighted by Gasteiger charge is -2.20. The maximum absolute atomic E-state index is 13.5. The molecule has 3 nitrogen and oxygen atoms in total. The highest BCUT2D eigenvalue weighted by molar-refractivity contribution is 5.83. The number of hydrogen-bond donors (Lipinski definition) is 2. The first-order valence-electron chi connectivity index (χ1n) is 8.91. The molecule has 1 atom stereocenters. The van der Waals surface area contributed by atoms with Crippen LogP contribution < -0.4 is 5.56 Å². The third-order valence-corrected chi connectivity index (χ3v) is 4.87. The number of fused-ring (bicyclic) bond motifs is 1. The Morgan fingerprint density at radius 3 is 2.07 bits per heavy atom. The van der Waals surface area contributed by atoms with E-state index in [1.807, 2.05) is 30.3 Å². The SMILES string of the molecule is O=c1cc(C(F)(F)F)c2cc(C(c3ccccc3)c3ccc(O)cc3)ccc2[nH]1. The van der Waals surface area contributed by atoms with Gasteiger partial charge in [0.15, 0.2) is 0 Å². The predicted molar refractivity (Wildman–Crippen MR) is 105 cm³/mol. The van der Waals surface area contributed by atoms with Crippen LogP contribution >= 0.6 is 0 Å². The number of benzene rings is 3. The van der Waals surface area contributed by atoms with Crippen molar-refractivity contribution in [3.8, 4) is 5.75 Å². The van der Waals surface area contributed by atoms with Crippen molar-refractivity contribution in [3.63, 3.8) is 0 Å². The van der Waals surface area contributed by atoms with Gasteiger partial charge in [-0.2, -0.15) is 13.2 Å². The summed E-state index contributed by atoms with van der Waals surface area (Å²) in [6.07, 6.45) is -4.65. The van der Waals surface area contributed by atoms with Crippen molar-refractivity contribution < 1.29 is 18.3 Å². The van der Waals surface area contributed by atoms with E-state index in [1.165, 1.54) is 12.1 Å². The van der Waals surface area contributed by atoms with E-state index in [0.29, 0.717) is 11.6 Å². The van der Waals surface area contributed by atoms with Crippen molar-refractivity contribution in [1.29, 1.82) is 0 Å². The minimum Gasteiger partial charge on any atom is -0.508 e. The Bertz CT molecular complexity index is 1210. The molecule has 6 heteroatoms. The van der Waals surface area contributed by atoms with Crippen molar-refractivity contribution in [2.45, 2.75) is 12.1 Å². The van der Waals surface area contributed by atoms with E-state index in [2.05, 4.69) is 4.98 Å². The van der Waals surface area contributed by atoms with Gasteiger partial charge in [0.1, 0.15) is 5.75 Å². The highest BCUT2D eigenvalue weighted by Gasteiger charge is 2.33. The number of H-pyrrole nitrogens is 1. The van der Waals surface area contributed by atoms with E-state index < -0.39 is 17.3 Å². The predicted octanol–water partition coefficient (Wildman–Crippen LogP) is 5.43. The molecule has 4 rings (SSSR count). The summed E-state index contributed by atoms with van der Waals surface area (Å²) in [6, 6.07) is 21.2. The highest BCUT2D eigenvalue weighted by Crippen LogP contribution is 2.37. The van der Waals surface area contributed by atoms with Gasteiger partial charge in [-0.3, -0.25) is 4.79 Å². The van der Waals surface area contributed by atoms with Gasteiger partial charge >= 0.3 is 6.18 Å². The number of pyridine rings is 1. The van der Waals surface area contributed by atoms with Crippen molar-refractivity contribution in [2.24, 2.45) is 0 Å². The summed E-state index contributed by atoms with van der Waals surface area (Å²) in [5, 5.41) is 9.55. The molecule has 0 saturated carbocycles. The number of phenols is 1. The van der Waals surface area contributed by atoms with E-state index in [9.17, 15) is 23.1 Å². The number of phenolic OH excluding ortho intramolecular Hbond substituents is 1. The molecule has 0 saturated heterocycles. The Morgan fingerprint density at radius 2 is 1.41 bits per heavy atom. The number of aromatic amines is 1. The molecule has 0 fully saturated rings. The number of nitrogens with one attached hydrogen (secondary N) is 1. The normalized spacial score (nSPS) is 12.8. The van der Waals surface area contributed by atoms with Gasteiger partial charge in [-0.25, -0.2) is 0 Å². The summed E-state index contributed by atoms with van der Waals surface area (Å²) < 4.78 is 40.6. The average molecular weight is 395 g/mol. The number of aromatic nitrogens is 1. The number of alkyl halides is 3. The van der Waals surface area contributed by atoms with E-state index in [1.54, 1.807) is 30.3 Å². The van der Waals surface area contributed by atoms with Crippen LogP contribution in [-0.2, 0) is 6.18 Å². The lowest BCUT2D eigenvalue weighted by molar-refractivity contribution is -0.136. The molecule has 1 unspecified atom stereocenters. The van der Waals surface area contributed by atoms with Crippen molar-refractivity contribution in [2.75, 3.05) is 0 Å². The lowest BCUT2D eigenvalue weighted by atomic mass is 9.84. The van der Waals surface area contributed by atoms with Gasteiger partial charge in [0, 0.05) is 22.9 Å². The van der Waals surface area contributed by atoms with Crippen molar-refractivity contribution in [3.05, 3.63) is 111 Å². The number of halogens is 3. The fraction of sp³-hybridized carbons (Fsp3) is 0.0870. The maximum atomic E-state index is 13.5. The molecule has 0 amide bonds. The Labute approximate surface area is 164 Å². The van der Waals surface area contributed by atoms with Gasteiger partial charge in [-0.15, -0.1) is 0 Å². The second-order valence-electron chi connectivity index (χ2n) is 6.79. The minimum absolute atomic E-state index is 0.0608. The monoisotopic (exact) mass is 395 g/mol. The summed E-state index contributed by atoms with van der Waals surface area (Å²) in [6.45, 7) is 0.